The molecule has 0 radical (unpaired) electrons. The van der Waals surface area contributed by atoms with Gasteiger partial charge >= 0.3 is 0 Å². The molecule has 1 aliphatic heterocycles. The van der Waals surface area contributed by atoms with E-state index in [4.69, 9.17) is 0 Å². The lowest BCUT2D eigenvalue weighted by Gasteiger charge is -2.22. The van der Waals surface area contributed by atoms with E-state index in [0.29, 0.717) is 18.5 Å². The number of fused-ring (bicyclic) bond motifs is 1. The molecule has 1 aromatic heterocycles. The Hall–Kier alpha value is -3.26. The minimum absolute atomic E-state index is 0.0498. The number of nitrogens with zero attached hydrogens (tertiary/aromatic N) is 3. The zero-order chi connectivity index (χ0) is 21.3. The second-order valence-electron chi connectivity index (χ2n) is 7.23. The lowest BCUT2D eigenvalue weighted by atomic mass is 9.95. The quantitative estimate of drug-likeness (QED) is 0.679. The molecule has 0 saturated heterocycles. The molecule has 0 bridgehead atoms. The smallest absolute Gasteiger partial charge is 0.242 e. The van der Waals surface area contributed by atoms with Crippen molar-refractivity contribution in [2.45, 2.75) is 25.8 Å². The van der Waals surface area contributed by atoms with Crippen molar-refractivity contribution in [3.63, 3.8) is 0 Å². The third kappa shape index (κ3) is 4.04. The number of carbonyl (C=O) groups excluding carboxylic acids is 1. The molecule has 2 heterocycles. The van der Waals surface area contributed by atoms with Crippen molar-refractivity contribution in [1.29, 1.82) is 0 Å². The van der Waals surface area contributed by atoms with Crippen LogP contribution in [0.4, 0.5) is 5.69 Å². The van der Waals surface area contributed by atoms with Crippen LogP contribution in [-0.4, -0.2) is 36.3 Å². The Morgan fingerprint density at radius 3 is 2.60 bits per heavy atom. The molecule has 1 atom stereocenters. The van der Waals surface area contributed by atoms with Crippen molar-refractivity contribution >= 4 is 38.2 Å². The molecule has 3 aromatic rings. The van der Waals surface area contributed by atoms with Crippen molar-refractivity contribution in [3.8, 4) is 0 Å². The normalized spacial score (nSPS) is 16.5. The number of amides is 1. The number of rotatable bonds is 5. The molecule has 2 aromatic carbocycles. The maximum Gasteiger partial charge on any atom is 0.242 e. The summed E-state index contributed by atoms with van der Waals surface area (Å²) in [5.41, 5.74) is 4.01. The molecule has 0 saturated carbocycles. The van der Waals surface area contributed by atoms with E-state index in [1.165, 1.54) is 0 Å². The molecule has 1 amide bonds. The first kappa shape index (κ1) is 20.0. The minimum Gasteiger partial charge on any atom is -0.284 e. The van der Waals surface area contributed by atoms with Crippen LogP contribution in [0.15, 0.2) is 65.9 Å². The van der Waals surface area contributed by atoms with Crippen molar-refractivity contribution in [2.24, 2.45) is 5.10 Å². The average molecular weight is 423 g/mol. The molecule has 8 heteroatoms. The highest BCUT2D eigenvalue weighted by molar-refractivity contribution is 7.92. The van der Waals surface area contributed by atoms with Crippen LogP contribution in [0.5, 0.6) is 0 Å². The highest BCUT2D eigenvalue weighted by Crippen LogP contribution is 2.36. The van der Waals surface area contributed by atoms with Gasteiger partial charge in [-0.25, -0.2) is 13.4 Å². The first-order chi connectivity index (χ1) is 14.4. The van der Waals surface area contributed by atoms with E-state index >= 15 is 0 Å². The van der Waals surface area contributed by atoms with Gasteiger partial charge in [-0.3, -0.25) is 14.5 Å². The van der Waals surface area contributed by atoms with E-state index in [9.17, 15) is 13.2 Å². The third-order valence-electron chi connectivity index (χ3n) is 5.03. The molecule has 30 heavy (non-hydrogen) atoms. The van der Waals surface area contributed by atoms with Crippen molar-refractivity contribution < 1.29 is 13.2 Å². The summed E-state index contributed by atoms with van der Waals surface area (Å²) >= 11 is 0. The van der Waals surface area contributed by atoms with Crippen molar-refractivity contribution in [1.82, 2.24) is 9.99 Å². The number of carbonyl (C=O) groups is 1. The first-order valence-electron chi connectivity index (χ1n) is 9.67. The molecule has 154 valence electrons. The summed E-state index contributed by atoms with van der Waals surface area (Å²) in [7, 11) is -3.34. The summed E-state index contributed by atoms with van der Waals surface area (Å²) in [5.74, 6) is -0.0498. The number of nitrogens with one attached hydrogen (secondary N) is 1. The van der Waals surface area contributed by atoms with Gasteiger partial charge in [0.1, 0.15) is 0 Å². The highest BCUT2D eigenvalue weighted by atomic mass is 32.2. The lowest BCUT2D eigenvalue weighted by Crippen LogP contribution is -2.26. The Morgan fingerprint density at radius 1 is 1.13 bits per heavy atom. The van der Waals surface area contributed by atoms with Crippen LogP contribution >= 0.6 is 0 Å². The van der Waals surface area contributed by atoms with Gasteiger partial charge in [0, 0.05) is 30.1 Å². The highest BCUT2D eigenvalue weighted by Gasteiger charge is 2.33. The molecule has 1 unspecified atom stereocenters. The molecule has 0 spiro atoms. The molecular weight excluding hydrogens is 400 g/mol. The Balaban J connectivity index is 1.69. The van der Waals surface area contributed by atoms with Gasteiger partial charge in [0.15, 0.2) is 0 Å². The van der Waals surface area contributed by atoms with E-state index in [1.54, 1.807) is 23.3 Å². The van der Waals surface area contributed by atoms with E-state index in [2.05, 4.69) is 14.8 Å². The van der Waals surface area contributed by atoms with Gasteiger partial charge < -0.3 is 0 Å². The number of pyridine rings is 1. The molecule has 4 rings (SSSR count). The fourth-order valence-electron chi connectivity index (χ4n) is 3.68. The Bertz CT molecular complexity index is 1230. The number of hydrogen-bond acceptors (Lipinski definition) is 5. The number of aromatic nitrogens is 1. The maximum absolute atomic E-state index is 12.6. The van der Waals surface area contributed by atoms with E-state index in [1.807, 2.05) is 49.4 Å². The largest absolute Gasteiger partial charge is 0.284 e. The summed E-state index contributed by atoms with van der Waals surface area (Å²) in [6, 6.07) is 16.6. The topological polar surface area (TPSA) is 91.7 Å². The van der Waals surface area contributed by atoms with Gasteiger partial charge in [0.05, 0.1) is 23.5 Å². The fraction of sp³-hybridized carbons (Fsp3) is 0.227. The third-order valence-corrected chi connectivity index (χ3v) is 5.63. The number of sulfonamides is 1. The molecule has 1 N–H and O–H groups in total. The predicted molar refractivity (Wildman–Crippen MR) is 118 cm³/mol. The minimum atomic E-state index is -3.34. The lowest BCUT2D eigenvalue weighted by molar-refractivity contribution is -0.132. The summed E-state index contributed by atoms with van der Waals surface area (Å²) in [6.45, 7) is 1.82. The van der Waals surface area contributed by atoms with Gasteiger partial charge in [-0.15, -0.1) is 0 Å². The Morgan fingerprint density at radius 2 is 1.90 bits per heavy atom. The van der Waals surface area contributed by atoms with Gasteiger partial charge in [-0.2, -0.15) is 5.10 Å². The van der Waals surface area contributed by atoms with E-state index < -0.39 is 10.0 Å². The Kier molecular flexibility index (Phi) is 5.26. The standard InChI is InChI=1S/C22H22N4O3S/c1-3-22(27)26-21(18-6-4-8-19-17(18)7-5-13-23-19)14-20(24-26)15-9-11-16(12-10-15)25-30(2,28)29/h4-13,21,25H,3,14H2,1-2H3. The van der Waals surface area contributed by atoms with Crippen LogP contribution in [-0.2, 0) is 14.8 Å². The van der Waals surface area contributed by atoms with Gasteiger partial charge in [0.2, 0.25) is 15.9 Å². The number of anilines is 1. The van der Waals surface area contributed by atoms with Gasteiger partial charge in [-0.1, -0.05) is 37.3 Å². The molecule has 0 fully saturated rings. The predicted octanol–water partition coefficient (Wildman–Crippen LogP) is 3.69. The molecule has 0 aliphatic carbocycles. The maximum atomic E-state index is 12.6. The van der Waals surface area contributed by atoms with Crippen LogP contribution in [0.25, 0.3) is 10.9 Å². The SMILES string of the molecule is CCC(=O)N1N=C(c2ccc(NS(C)(=O)=O)cc2)CC1c1cccc2ncccc12. The molecular formula is C22H22N4O3S. The van der Waals surface area contributed by atoms with E-state index in [-0.39, 0.29) is 11.9 Å². The number of benzene rings is 2. The van der Waals surface area contributed by atoms with Gasteiger partial charge in [0.25, 0.3) is 0 Å². The summed E-state index contributed by atoms with van der Waals surface area (Å²) in [6.07, 6.45) is 3.79. The number of hydrogen-bond donors (Lipinski definition) is 1. The summed E-state index contributed by atoms with van der Waals surface area (Å²) in [4.78, 5) is 17.1. The molecule has 7 nitrogen and oxygen atoms in total. The second-order valence-corrected chi connectivity index (χ2v) is 8.98. The van der Waals surface area contributed by atoms with Crippen LogP contribution in [0, 0.1) is 0 Å². The monoisotopic (exact) mass is 422 g/mol. The number of hydrazone groups is 1. The van der Waals surface area contributed by atoms with Crippen LogP contribution in [0.3, 0.4) is 0 Å². The summed E-state index contributed by atoms with van der Waals surface area (Å²) < 4.78 is 25.3. The summed E-state index contributed by atoms with van der Waals surface area (Å²) in [5, 5.41) is 7.21. The van der Waals surface area contributed by atoms with Gasteiger partial charge in [-0.05, 0) is 35.4 Å². The zero-order valence-electron chi connectivity index (χ0n) is 16.7. The zero-order valence-corrected chi connectivity index (χ0v) is 17.6. The van der Waals surface area contributed by atoms with E-state index in [0.717, 1.165) is 34.0 Å². The van der Waals surface area contributed by atoms with Crippen molar-refractivity contribution in [3.05, 3.63) is 71.9 Å². The molecule has 1 aliphatic rings. The van der Waals surface area contributed by atoms with Crippen molar-refractivity contribution in [2.75, 3.05) is 11.0 Å². The van der Waals surface area contributed by atoms with Crippen LogP contribution in [0.1, 0.15) is 36.9 Å². The average Bonchev–Trinajstić information content (AvgIpc) is 3.17. The Labute approximate surface area is 175 Å². The van der Waals surface area contributed by atoms with Crippen LogP contribution < -0.4 is 4.72 Å². The fourth-order valence-corrected chi connectivity index (χ4v) is 4.25. The first-order valence-corrected chi connectivity index (χ1v) is 11.6. The van der Waals surface area contributed by atoms with Crippen LogP contribution in [0.2, 0.25) is 0 Å². The second kappa shape index (κ2) is 7.87.